The van der Waals surface area contributed by atoms with E-state index in [2.05, 4.69) is 57.1 Å². The van der Waals surface area contributed by atoms with Gasteiger partial charge in [0.15, 0.2) is 0 Å². The highest BCUT2D eigenvalue weighted by Gasteiger charge is 2.66. The van der Waals surface area contributed by atoms with Crippen LogP contribution in [-0.2, 0) is 6.42 Å². The van der Waals surface area contributed by atoms with E-state index in [4.69, 9.17) is 0 Å². The molecular formula is C14H25N3S. The lowest BCUT2D eigenvalue weighted by atomic mass is 10.0. The van der Waals surface area contributed by atoms with E-state index in [0.717, 1.165) is 18.0 Å². The molecule has 1 saturated carbocycles. The SMILES string of the molecule is CC(C)NCCc1nnc(C2C(C)(C)C2(C)C)s1. The Morgan fingerprint density at radius 2 is 1.78 bits per heavy atom. The van der Waals surface area contributed by atoms with Gasteiger partial charge in [-0.15, -0.1) is 21.5 Å². The number of hydrogen-bond acceptors (Lipinski definition) is 4. The van der Waals surface area contributed by atoms with E-state index in [1.807, 2.05) is 0 Å². The van der Waals surface area contributed by atoms with E-state index in [0.29, 0.717) is 22.8 Å². The molecule has 0 unspecified atom stereocenters. The van der Waals surface area contributed by atoms with E-state index in [9.17, 15) is 0 Å². The van der Waals surface area contributed by atoms with Gasteiger partial charge in [-0.2, -0.15) is 0 Å². The number of aromatic nitrogens is 2. The number of hydrogen-bond donors (Lipinski definition) is 1. The first-order valence-corrected chi connectivity index (χ1v) is 7.64. The van der Waals surface area contributed by atoms with Crippen molar-refractivity contribution in [2.75, 3.05) is 6.54 Å². The van der Waals surface area contributed by atoms with Crippen molar-refractivity contribution < 1.29 is 0 Å². The van der Waals surface area contributed by atoms with Crippen LogP contribution in [0.4, 0.5) is 0 Å². The predicted molar refractivity (Wildman–Crippen MR) is 77.1 cm³/mol. The maximum absolute atomic E-state index is 4.41. The average molecular weight is 267 g/mol. The molecule has 1 fully saturated rings. The van der Waals surface area contributed by atoms with Crippen LogP contribution in [0.3, 0.4) is 0 Å². The van der Waals surface area contributed by atoms with Crippen LogP contribution in [-0.4, -0.2) is 22.8 Å². The predicted octanol–water partition coefficient (Wildman–Crippen LogP) is 3.23. The van der Waals surface area contributed by atoms with Crippen LogP contribution in [0.1, 0.15) is 57.5 Å². The molecule has 18 heavy (non-hydrogen) atoms. The third-order valence-corrected chi connectivity index (χ3v) is 5.69. The van der Waals surface area contributed by atoms with Crippen molar-refractivity contribution in [1.29, 1.82) is 0 Å². The summed E-state index contributed by atoms with van der Waals surface area (Å²) in [4.78, 5) is 0. The van der Waals surface area contributed by atoms with Crippen LogP contribution >= 0.6 is 11.3 Å². The van der Waals surface area contributed by atoms with E-state index < -0.39 is 0 Å². The molecule has 4 heteroatoms. The molecule has 2 rings (SSSR count). The van der Waals surface area contributed by atoms with E-state index >= 15 is 0 Å². The minimum atomic E-state index is 0.361. The zero-order valence-electron chi connectivity index (χ0n) is 12.4. The Balaban J connectivity index is 1.96. The molecule has 0 aliphatic heterocycles. The van der Waals surface area contributed by atoms with Crippen LogP contribution in [0.2, 0.25) is 0 Å². The van der Waals surface area contributed by atoms with Crippen molar-refractivity contribution >= 4 is 11.3 Å². The summed E-state index contributed by atoms with van der Waals surface area (Å²) in [7, 11) is 0. The summed E-state index contributed by atoms with van der Waals surface area (Å²) in [5.74, 6) is 0.578. The highest BCUT2D eigenvalue weighted by Crippen LogP contribution is 2.73. The van der Waals surface area contributed by atoms with Gasteiger partial charge in [-0.1, -0.05) is 41.5 Å². The fraction of sp³-hybridized carbons (Fsp3) is 0.857. The Labute approximate surface area is 114 Å². The second kappa shape index (κ2) is 4.57. The maximum Gasteiger partial charge on any atom is 0.121 e. The van der Waals surface area contributed by atoms with Crippen molar-refractivity contribution in [2.24, 2.45) is 10.8 Å². The second-order valence-electron chi connectivity index (χ2n) is 6.77. The Morgan fingerprint density at radius 1 is 1.17 bits per heavy atom. The van der Waals surface area contributed by atoms with Gasteiger partial charge in [0.05, 0.1) is 0 Å². The van der Waals surface area contributed by atoms with Gasteiger partial charge in [0.2, 0.25) is 0 Å². The summed E-state index contributed by atoms with van der Waals surface area (Å²) in [5, 5.41) is 14.6. The minimum absolute atomic E-state index is 0.361. The first kappa shape index (κ1) is 13.9. The molecule has 1 heterocycles. The van der Waals surface area contributed by atoms with Crippen LogP contribution in [0, 0.1) is 10.8 Å². The van der Waals surface area contributed by atoms with Gasteiger partial charge in [0.1, 0.15) is 10.0 Å². The van der Waals surface area contributed by atoms with Crippen molar-refractivity contribution in [3.63, 3.8) is 0 Å². The smallest absolute Gasteiger partial charge is 0.121 e. The lowest BCUT2D eigenvalue weighted by Crippen LogP contribution is -2.24. The van der Waals surface area contributed by atoms with Crippen molar-refractivity contribution in [3.8, 4) is 0 Å². The maximum atomic E-state index is 4.41. The summed E-state index contributed by atoms with van der Waals surface area (Å²) in [6.45, 7) is 14.7. The van der Waals surface area contributed by atoms with E-state index in [1.165, 1.54) is 5.01 Å². The molecule has 0 bridgehead atoms. The quantitative estimate of drug-likeness (QED) is 0.890. The van der Waals surface area contributed by atoms with Crippen molar-refractivity contribution in [3.05, 3.63) is 10.0 Å². The highest BCUT2D eigenvalue weighted by atomic mass is 32.1. The zero-order chi connectivity index (χ0) is 13.6. The van der Waals surface area contributed by atoms with Crippen LogP contribution < -0.4 is 5.32 Å². The first-order valence-electron chi connectivity index (χ1n) is 6.82. The van der Waals surface area contributed by atoms with Gasteiger partial charge in [-0.3, -0.25) is 0 Å². The van der Waals surface area contributed by atoms with Gasteiger partial charge >= 0.3 is 0 Å². The van der Waals surface area contributed by atoms with E-state index in [1.54, 1.807) is 11.3 Å². The fourth-order valence-corrected chi connectivity index (χ4v) is 4.08. The normalized spacial score (nSPS) is 21.5. The van der Waals surface area contributed by atoms with Crippen LogP contribution in [0.25, 0.3) is 0 Å². The fourth-order valence-electron chi connectivity index (χ4n) is 2.77. The molecule has 3 nitrogen and oxygen atoms in total. The van der Waals surface area contributed by atoms with Gasteiger partial charge in [-0.05, 0) is 10.8 Å². The van der Waals surface area contributed by atoms with Gasteiger partial charge in [0, 0.05) is 24.9 Å². The van der Waals surface area contributed by atoms with Gasteiger partial charge < -0.3 is 5.32 Å². The summed E-state index contributed by atoms with van der Waals surface area (Å²) in [5.41, 5.74) is 0.722. The Kier molecular flexibility index (Phi) is 3.54. The third kappa shape index (κ3) is 2.32. The van der Waals surface area contributed by atoms with Gasteiger partial charge in [-0.25, -0.2) is 0 Å². The average Bonchev–Trinajstić information content (AvgIpc) is 2.60. The number of nitrogens with one attached hydrogen (secondary N) is 1. The van der Waals surface area contributed by atoms with Crippen molar-refractivity contribution in [2.45, 2.75) is 59.9 Å². The molecule has 0 aromatic carbocycles. The minimum Gasteiger partial charge on any atom is -0.314 e. The molecule has 0 saturated heterocycles. The summed E-state index contributed by atoms with van der Waals surface area (Å²) in [6, 6.07) is 0.540. The Bertz CT molecular complexity index is 406. The second-order valence-corrected chi connectivity index (χ2v) is 7.86. The molecule has 102 valence electrons. The first-order chi connectivity index (χ1) is 8.26. The molecule has 1 aromatic heterocycles. The lowest BCUT2D eigenvalue weighted by molar-refractivity contribution is 0.457. The molecule has 1 aromatic rings. The Morgan fingerprint density at radius 3 is 2.28 bits per heavy atom. The number of rotatable bonds is 5. The zero-order valence-corrected chi connectivity index (χ0v) is 13.2. The topological polar surface area (TPSA) is 37.8 Å². The molecule has 1 aliphatic rings. The molecule has 0 spiro atoms. The lowest BCUT2D eigenvalue weighted by Gasteiger charge is -2.05. The van der Waals surface area contributed by atoms with Crippen LogP contribution in [0.5, 0.6) is 0 Å². The van der Waals surface area contributed by atoms with Crippen molar-refractivity contribution in [1.82, 2.24) is 15.5 Å². The highest BCUT2D eigenvalue weighted by molar-refractivity contribution is 7.11. The number of nitrogens with zero attached hydrogens (tertiary/aromatic N) is 2. The summed E-state index contributed by atoms with van der Waals surface area (Å²) < 4.78 is 0. The third-order valence-electron chi connectivity index (χ3n) is 4.64. The molecule has 0 atom stereocenters. The largest absolute Gasteiger partial charge is 0.314 e. The molecule has 0 radical (unpaired) electrons. The molecule has 1 N–H and O–H groups in total. The molecule has 1 aliphatic carbocycles. The summed E-state index contributed by atoms with van der Waals surface area (Å²) in [6.07, 6.45) is 0.990. The molecule has 0 amide bonds. The van der Waals surface area contributed by atoms with Crippen LogP contribution in [0.15, 0.2) is 0 Å². The monoisotopic (exact) mass is 267 g/mol. The Hall–Kier alpha value is -0.480. The summed E-state index contributed by atoms with van der Waals surface area (Å²) >= 11 is 1.80. The molecular weight excluding hydrogens is 242 g/mol. The van der Waals surface area contributed by atoms with Gasteiger partial charge in [0.25, 0.3) is 0 Å². The standard InChI is InChI=1S/C14H25N3S/c1-9(2)15-8-7-10-16-17-12(18-10)11-13(3,4)14(11,5)6/h9,11,15H,7-8H2,1-6H3. The van der Waals surface area contributed by atoms with E-state index in [-0.39, 0.29) is 0 Å².